The molecule has 0 saturated carbocycles. The van der Waals surface area contributed by atoms with Crippen LogP contribution in [0.2, 0.25) is 0 Å². The van der Waals surface area contributed by atoms with Gasteiger partial charge < -0.3 is 14.9 Å². The van der Waals surface area contributed by atoms with Gasteiger partial charge in [-0.1, -0.05) is 54.4 Å². The summed E-state index contributed by atoms with van der Waals surface area (Å²) in [5, 5.41) is 24.8. The summed E-state index contributed by atoms with van der Waals surface area (Å²) >= 11 is 1.54. The van der Waals surface area contributed by atoms with Gasteiger partial charge in [0.15, 0.2) is 0 Å². The standard InChI is InChI=1S/C28H45NO5S/c1-16-10-9-11-17(2)23(30)13-24(18(3)12-22-15-35-21(6)29-22)34-26(32)14-25(31)28(7,8)27(33)20(5)19(16)4/h12,15-17,19-20,23-25,30-31H,9-11,13-14H2,1-8H3/b18-12+/t16-,17-,19-,20+,23?,24?,25-/m0/s1. The van der Waals surface area contributed by atoms with Crippen molar-refractivity contribution in [2.75, 3.05) is 0 Å². The molecule has 1 saturated heterocycles. The van der Waals surface area contributed by atoms with Crippen LogP contribution in [-0.4, -0.2) is 45.3 Å². The van der Waals surface area contributed by atoms with E-state index in [9.17, 15) is 19.8 Å². The number of Topliss-reactive ketones (excluding diaryl/α,β-unsaturated/α-hetero) is 1. The van der Waals surface area contributed by atoms with Crippen molar-refractivity contribution in [2.45, 2.75) is 106 Å². The number of cyclic esters (lactones) is 1. The Bertz CT molecular complexity index is 892. The quantitative estimate of drug-likeness (QED) is 0.506. The highest BCUT2D eigenvalue weighted by Gasteiger charge is 2.41. The van der Waals surface area contributed by atoms with Gasteiger partial charge in [0, 0.05) is 17.7 Å². The van der Waals surface area contributed by atoms with E-state index in [1.54, 1.807) is 25.2 Å². The van der Waals surface area contributed by atoms with Crippen molar-refractivity contribution in [3.63, 3.8) is 0 Å². The van der Waals surface area contributed by atoms with Gasteiger partial charge in [-0.05, 0) is 49.7 Å². The molecule has 1 aromatic heterocycles. The number of aliphatic hydroxyl groups is 2. The van der Waals surface area contributed by atoms with E-state index in [0.29, 0.717) is 5.92 Å². The molecule has 1 aliphatic heterocycles. The molecule has 0 bridgehead atoms. The molecule has 6 nitrogen and oxygen atoms in total. The highest BCUT2D eigenvalue weighted by Crippen LogP contribution is 2.35. The number of aromatic nitrogens is 1. The topological polar surface area (TPSA) is 96.7 Å². The van der Waals surface area contributed by atoms with Crippen LogP contribution in [0.15, 0.2) is 11.0 Å². The van der Waals surface area contributed by atoms with Crippen molar-refractivity contribution >= 4 is 29.2 Å². The number of hydrogen-bond donors (Lipinski definition) is 2. The maximum Gasteiger partial charge on any atom is 0.309 e. The molecule has 1 fully saturated rings. The van der Waals surface area contributed by atoms with Crippen LogP contribution in [0.3, 0.4) is 0 Å². The zero-order valence-electron chi connectivity index (χ0n) is 22.7. The Kier molecular flexibility index (Phi) is 10.7. The normalized spacial score (nSPS) is 34.5. The van der Waals surface area contributed by atoms with Crippen LogP contribution < -0.4 is 0 Å². The van der Waals surface area contributed by atoms with Gasteiger partial charge in [-0.25, -0.2) is 4.98 Å². The fourth-order valence-corrected chi connectivity index (χ4v) is 5.44. The molecule has 0 aliphatic carbocycles. The lowest BCUT2D eigenvalue weighted by molar-refractivity contribution is -0.155. The smallest absolute Gasteiger partial charge is 0.309 e. The predicted octanol–water partition coefficient (Wildman–Crippen LogP) is 5.59. The third kappa shape index (κ3) is 7.96. The Morgan fingerprint density at radius 2 is 1.77 bits per heavy atom. The van der Waals surface area contributed by atoms with Crippen molar-refractivity contribution in [1.29, 1.82) is 0 Å². The van der Waals surface area contributed by atoms with Crippen LogP contribution >= 0.6 is 11.3 Å². The number of aliphatic hydroxyl groups excluding tert-OH is 2. The number of carbonyl (C=O) groups excluding carboxylic acids is 2. The molecular formula is C28H45NO5S. The van der Waals surface area contributed by atoms with Gasteiger partial charge in [0.2, 0.25) is 0 Å². The number of rotatable bonds is 2. The maximum atomic E-state index is 13.3. The van der Waals surface area contributed by atoms with E-state index >= 15 is 0 Å². The van der Waals surface area contributed by atoms with Crippen LogP contribution in [-0.2, 0) is 14.3 Å². The molecule has 0 radical (unpaired) electrons. The van der Waals surface area contributed by atoms with Crippen LogP contribution in [0, 0.1) is 36.0 Å². The first-order chi connectivity index (χ1) is 16.2. The highest BCUT2D eigenvalue weighted by molar-refractivity contribution is 7.09. The summed E-state index contributed by atoms with van der Waals surface area (Å²) in [6, 6.07) is 0. The molecule has 198 valence electrons. The van der Waals surface area contributed by atoms with E-state index in [0.717, 1.165) is 35.5 Å². The van der Waals surface area contributed by atoms with E-state index in [1.807, 2.05) is 39.2 Å². The monoisotopic (exact) mass is 507 g/mol. The zero-order valence-corrected chi connectivity index (χ0v) is 23.5. The molecular weight excluding hydrogens is 462 g/mol. The van der Waals surface area contributed by atoms with E-state index < -0.39 is 29.7 Å². The fourth-order valence-electron chi connectivity index (χ4n) is 4.87. The van der Waals surface area contributed by atoms with Gasteiger partial charge in [0.25, 0.3) is 0 Å². The van der Waals surface area contributed by atoms with Gasteiger partial charge in [0.05, 0.1) is 34.7 Å². The maximum absolute atomic E-state index is 13.3. The number of ether oxygens (including phenoxy) is 1. The number of carbonyl (C=O) groups is 2. The molecule has 0 amide bonds. The second-order valence-electron chi connectivity index (χ2n) is 11.3. The number of aryl methyl sites for hydroxylation is 1. The van der Waals surface area contributed by atoms with E-state index in [2.05, 4.69) is 18.8 Å². The molecule has 7 atom stereocenters. The van der Waals surface area contributed by atoms with Gasteiger partial charge >= 0.3 is 5.97 Å². The van der Waals surface area contributed by atoms with Crippen molar-refractivity contribution in [3.8, 4) is 0 Å². The third-order valence-corrected chi connectivity index (χ3v) is 8.94. The Morgan fingerprint density at radius 3 is 2.37 bits per heavy atom. The first-order valence-corrected chi connectivity index (χ1v) is 13.8. The van der Waals surface area contributed by atoms with Crippen LogP contribution in [0.1, 0.15) is 91.3 Å². The van der Waals surface area contributed by atoms with Gasteiger partial charge in [-0.2, -0.15) is 0 Å². The number of thiazole rings is 1. The second-order valence-corrected chi connectivity index (χ2v) is 12.4. The molecule has 1 aliphatic rings. The lowest BCUT2D eigenvalue weighted by Crippen LogP contribution is -2.44. The van der Waals surface area contributed by atoms with Gasteiger partial charge in [-0.3, -0.25) is 9.59 Å². The molecule has 1 aromatic rings. The highest BCUT2D eigenvalue weighted by atomic mass is 32.1. The number of esters is 1. The molecule has 0 aromatic carbocycles. The Labute approximate surface area is 215 Å². The van der Waals surface area contributed by atoms with Crippen LogP contribution in [0.25, 0.3) is 6.08 Å². The Morgan fingerprint density at radius 1 is 1.14 bits per heavy atom. The summed E-state index contributed by atoms with van der Waals surface area (Å²) in [6.07, 6.45) is 2.24. The summed E-state index contributed by atoms with van der Waals surface area (Å²) in [6.45, 7) is 15.4. The van der Waals surface area contributed by atoms with Gasteiger partial charge in [0.1, 0.15) is 11.9 Å². The first-order valence-electron chi connectivity index (χ1n) is 12.9. The molecule has 2 N–H and O–H groups in total. The van der Waals surface area contributed by atoms with Gasteiger partial charge in [-0.15, -0.1) is 11.3 Å². The first kappa shape index (κ1) is 29.7. The van der Waals surface area contributed by atoms with Crippen LogP contribution in [0.4, 0.5) is 0 Å². The zero-order chi connectivity index (χ0) is 26.5. The predicted molar refractivity (Wildman–Crippen MR) is 141 cm³/mol. The van der Waals surface area contributed by atoms with Crippen molar-refractivity contribution in [1.82, 2.24) is 4.98 Å². The molecule has 2 unspecified atom stereocenters. The number of hydrogen-bond acceptors (Lipinski definition) is 7. The molecule has 0 spiro atoms. The molecule has 2 rings (SSSR count). The molecule has 7 heteroatoms. The summed E-state index contributed by atoms with van der Waals surface area (Å²) in [5.41, 5.74) is 0.507. The third-order valence-electron chi connectivity index (χ3n) is 8.15. The minimum Gasteiger partial charge on any atom is -0.458 e. The summed E-state index contributed by atoms with van der Waals surface area (Å²) < 4.78 is 5.81. The minimum absolute atomic E-state index is 0.0282. The van der Waals surface area contributed by atoms with E-state index in [-0.39, 0.29) is 36.4 Å². The van der Waals surface area contributed by atoms with E-state index in [1.165, 1.54) is 0 Å². The average Bonchev–Trinajstić information content (AvgIpc) is 3.20. The molecule has 2 heterocycles. The summed E-state index contributed by atoms with van der Waals surface area (Å²) in [4.78, 5) is 30.7. The summed E-state index contributed by atoms with van der Waals surface area (Å²) in [7, 11) is 0. The van der Waals surface area contributed by atoms with Crippen molar-refractivity contribution in [2.24, 2.45) is 29.1 Å². The van der Waals surface area contributed by atoms with Crippen molar-refractivity contribution in [3.05, 3.63) is 21.7 Å². The fraction of sp³-hybridized carbons (Fsp3) is 0.750. The Balaban J connectivity index is 2.33. The lowest BCUT2D eigenvalue weighted by atomic mass is 9.70. The molecule has 35 heavy (non-hydrogen) atoms. The van der Waals surface area contributed by atoms with E-state index in [4.69, 9.17) is 4.74 Å². The SMILES string of the molecule is C/C(=C\c1csc(C)n1)C1CC(O)[C@@H](C)CCC[C@H](C)[C@H](C)[C@@H](C)C(=O)C(C)(C)[C@@H](O)CC(=O)O1. The number of nitrogens with zero attached hydrogens (tertiary/aromatic N) is 1. The second kappa shape index (κ2) is 12.6. The lowest BCUT2D eigenvalue weighted by Gasteiger charge is -2.35. The van der Waals surface area contributed by atoms with Crippen LogP contribution in [0.5, 0.6) is 0 Å². The summed E-state index contributed by atoms with van der Waals surface area (Å²) in [5.74, 6) is -0.305. The minimum atomic E-state index is -1.16. The largest absolute Gasteiger partial charge is 0.458 e. The van der Waals surface area contributed by atoms with Crippen molar-refractivity contribution < 1.29 is 24.5 Å². The average molecular weight is 508 g/mol. The number of ketones is 1. The Hall–Kier alpha value is -1.57.